The van der Waals surface area contributed by atoms with Crippen molar-refractivity contribution in [3.63, 3.8) is 0 Å². The molecule has 0 aromatic rings. The van der Waals surface area contributed by atoms with Crippen molar-refractivity contribution in [2.75, 3.05) is 13.1 Å². The Morgan fingerprint density at radius 3 is 2.47 bits per heavy atom. The number of hydrogen-bond donors (Lipinski definition) is 1. The number of amides is 1. The molecule has 3 heteroatoms. The second kappa shape index (κ2) is 3.78. The summed E-state index contributed by atoms with van der Waals surface area (Å²) in [6.45, 7) is 5.79. The summed E-state index contributed by atoms with van der Waals surface area (Å²) in [5.74, 6) is 1.45. The van der Waals surface area contributed by atoms with Gasteiger partial charge in [0, 0.05) is 19.5 Å². The van der Waals surface area contributed by atoms with E-state index in [0.717, 1.165) is 19.5 Å². The molecule has 1 saturated carbocycles. The first-order chi connectivity index (χ1) is 7.01. The Morgan fingerprint density at radius 1 is 1.47 bits per heavy atom. The molecular formula is C12H22N2O. The van der Waals surface area contributed by atoms with E-state index in [1.807, 2.05) is 4.90 Å². The van der Waals surface area contributed by atoms with Crippen LogP contribution >= 0.6 is 0 Å². The molecule has 0 aromatic carbocycles. The first kappa shape index (κ1) is 10.9. The third kappa shape index (κ3) is 2.03. The second-order valence-electron chi connectivity index (χ2n) is 5.64. The highest BCUT2D eigenvalue weighted by Gasteiger charge is 2.44. The molecular weight excluding hydrogens is 188 g/mol. The standard InChI is InChI=1S/C12H22N2O/c1-9(2)12(13)7-14(8-12)11(15)6-10-4-3-5-10/h9-10H,3-8,13H2,1-2H3. The zero-order valence-corrected chi connectivity index (χ0v) is 9.83. The van der Waals surface area contributed by atoms with E-state index in [1.54, 1.807) is 0 Å². The topological polar surface area (TPSA) is 46.3 Å². The Hall–Kier alpha value is -0.570. The minimum atomic E-state index is -0.116. The molecule has 2 N–H and O–H groups in total. The van der Waals surface area contributed by atoms with Crippen molar-refractivity contribution in [1.82, 2.24) is 4.90 Å². The van der Waals surface area contributed by atoms with E-state index >= 15 is 0 Å². The molecule has 0 aromatic heterocycles. The zero-order chi connectivity index (χ0) is 11.1. The molecule has 0 atom stereocenters. The van der Waals surface area contributed by atoms with Gasteiger partial charge in [0.1, 0.15) is 0 Å². The van der Waals surface area contributed by atoms with Gasteiger partial charge in [-0.25, -0.2) is 0 Å². The first-order valence-electron chi connectivity index (χ1n) is 6.08. The van der Waals surface area contributed by atoms with Crippen LogP contribution < -0.4 is 5.73 Å². The smallest absolute Gasteiger partial charge is 0.222 e. The van der Waals surface area contributed by atoms with E-state index in [0.29, 0.717) is 17.7 Å². The van der Waals surface area contributed by atoms with Crippen molar-refractivity contribution < 1.29 is 4.79 Å². The van der Waals surface area contributed by atoms with E-state index in [-0.39, 0.29) is 5.54 Å². The van der Waals surface area contributed by atoms with Gasteiger partial charge in [0.2, 0.25) is 5.91 Å². The lowest BCUT2D eigenvalue weighted by molar-refractivity contribution is -0.141. The SMILES string of the molecule is CC(C)C1(N)CN(C(=O)CC2CCC2)C1. The van der Waals surface area contributed by atoms with Crippen LogP contribution in [0.1, 0.15) is 39.5 Å². The monoisotopic (exact) mass is 210 g/mol. The minimum Gasteiger partial charge on any atom is -0.339 e. The number of nitrogens with zero attached hydrogens (tertiary/aromatic N) is 1. The van der Waals surface area contributed by atoms with Crippen LogP contribution in [0.25, 0.3) is 0 Å². The Morgan fingerprint density at radius 2 is 2.07 bits per heavy atom. The molecule has 1 saturated heterocycles. The molecule has 0 radical (unpaired) electrons. The normalized spacial score (nSPS) is 24.9. The van der Waals surface area contributed by atoms with Gasteiger partial charge in [-0.15, -0.1) is 0 Å². The highest BCUT2D eigenvalue weighted by Crippen LogP contribution is 2.32. The molecule has 3 nitrogen and oxygen atoms in total. The quantitative estimate of drug-likeness (QED) is 0.764. The molecule has 2 rings (SSSR count). The summed E-state index contributed by atoms with van der Waals surface area (Å²) in [4.78, 5) is 13.7. The van der Waals surface area contributed by atoms with Crippen LogP contribution in [0.2, 0.25) is 0 Å². The third-order valence-electron chi connectivity index (χ3n) is 4.16. The predicted octanol–water partition coefficient (Wildman–Crippen LogP) is 1.37. The van der Waals surface area contributed by atoms with Gasteiger partial charge in [-0.1, -0.05) is 20.3 Å². The Labute approximate surface area is 92.0 Å². The average molecular weight is 210 g/mol. The Kier molecular flexibility index (Phi) is 2.75. The van der Waals surface area contributed by atoms with Crippen molar-refractivity contribution in [3.05, 3.63) is 0 Å². The molecule has 2 aliphatic rings. The van der Waals surface area contributed by atoms with Crippen LogP contribution in [-0.4, -0.2) is 29.4 Å². The van der Waals surface area contributed by atoms with Gasteiger partial charge in [-0.2, -0.15) is 0 Å². The Bertz CT molecular complexity index is 252. The molecule has 1 aliphatic heterocycles. The van der Waals surface area contributed by atoms with Crippen LogP contribution in [0.15, 0.2) is 0 Å². The summed E-state index contributed by atoms with van der Waals surface area (Å²) >= 11 is 0. The molecule has 15 heavy (non-hydrogen) atoms. The fourth-order valence-corrected chi connectivity index (χ4v) is 2.28. The van der Waals surface area contributed by atoms with E-state index in [1.165, 1.54) is 19.3 Å². The zero-order valence-electron chi connectivity index (χ0n) is 9.83. The lowest BCUT2D eigenvalue weighted by Crippen LogP contribution is -2.71. The maximum Gasteiger partial charge on any atom is 0.222 e. The maximum absolute atomic E-state index is 11.8. The lowest BCUT2D eigenvalue weighted by Gasteiger charge is -2.50. The van der Waals surface area contributed by atoms with Gasteiger partial charge in [0.15, 0.2) is 0 Å². The molecule has 2 fully saturated rings. The molecule has 1 aliphatic carbocycles. The molecule has 0 bridgehead atoms. The van der Waals surface area contributed by atoms with Crippen LogP contribution in [-0.2, 0) is 4.79 Å². The lowest BCUT2D eigenvalue weighted by atomic mass is 9.78. The number of hydrogen-bond acceptors (Lipinski definition) is 2. The van der Waals surface area contributed by atoms with Crippen LogP contribution in [0.5, 0.6) is 0 Å². The third-order valence-corrected chi connectivity index (χ3v) is 4.16. The van der Waals surface area contributed by atoms with E-state index in [9.17, 15) is 4.79 Å². The first-order valence-corrected chi connectivity index (χ1v) is 6.08. The van der Waals surface area contributed by atoms with E-state index < -0.39 is 0 Å². The number of carbonyl (C=O) groups excluding carboxylic acids is 1. The van der Waals surface area contributed by atoms with Gasteiger partial charge < -0.3 is 10.6 Å². The van der Waals surface area contributed by atoms with Gasteiger partial charge >= 0.3 is 0 Å². The number of nitrogens with two attached hydrogens (primary N) is 1. The summed E-state index contributed by atoms with van der Waals surface area (Å²) in [5, 5.41) is 0. The predicted molar refractivity (Wildman–Crippen MR) is 60.3 cm³/mol. The van der Waals surface area contributed by atoms with Gasteiger partial charge in [0.25, 0.3) is 0 Å². The van der Waals surface area contributed by atoms with Crippen molar-refractivity contribution in [1.29, 1.82) is 0 Å². The molecule has 0 spiro atoms. The Balaban J connectivity index is 1.75. The maximum atomic E-state index is 11.8. The number of rotatable bonds is 3. The summed E-state index contributed by atoms with van der Waals surface area (Å²) in [6.07, 6.45) is 4.56. The average Bonchev–Trinajstić information content (AvgIpc) is 2.05. The summed E-state index contributed by atoms with van der Waals surface area (Å²) in [5.41, 5.74) is 6.04. The fourth-order valence-electron chi connectivity index (χ4n) is 2.28. The molecule has 0 unspecified atom stereocenters. The van der Waals surface area contributed by atoms with Crippen molar-refractivity contribution in [2.24, 2.45) is 17.6 Å². The van der Waals surface area contributed by atoms with Crippen LogP contribution in [0.4, 0.5) is 0 Å². The van der Waals surface area contributed by atoms with E-state index in [2.05, 4.69) is 13.8 Å². The largest absolute Gasteiger partial charge is 0.339 e. The summed E-state index contributed by atoms with van der Waals surface area (Å²) in [6, 6.07) is 0. The van der Waals surface area contributed by atoms with Gasteiger partial charge in [-0.3, -0.25) is 4.79 Å². The minimum absolute atomic E-state index is 0.116. The second-order valence-corrected chi connectivity index (χ2v) is 5.64. The molecule has 1 heterocycles. The highest BCUT2D eigenvalue weighted by molar-refractivity contribution is 5.77. The molecule has 86 valence electrons. The summed E-state index contributed by atoms with van der Waals surface area (Å²) < 4.78 is 0. The van der Waals surface area contributed by atoms with Crippen molar-refractivity contribution in [2.45, 2.75) is 45.1 Å². The van der Waals surface area contributed by atoms with Crippen molar-refractivity contribution >= 4 is 5.91 Å². The highest BCUT2D eigenvalue weighted by atomic mass is 16.2. The fraction of sp³-hybridized carbons (Fsp3) is 0.917. The van der Waals surface area contributed by atoms with Crippen LogP contribution in [0.3, 0.4) is 0 Å². The van der Waals surface area contributed by atoms with Gasteiger partial charge in [-0.05, 0) is 24.7 Å². The van der Waals surface area contributed by atoms with Gasteiger partial charge in [0.05, 0.1) is 5.54 Å². The number of carbonyl (C=O) groups is 1. The van der Waals surface area contributed by atoms with Crippen molar-refractivity contribution in [3.8, 4) is 0 Å². The summed E-state index contributed by atoms with van der Waals surface area (Å²) in [7, 11) is 0. The molecule has 1 amide bonds. The number of likely N-dealkylation sites (tertiary alicyclic amines) is 1. The van der Waals surface area contributed by atoms with Crippen LogP contribution in [0, 0.1) is 11.8 Å². The van der Waals surface area contributed by atoms with E-state index in [4.69, 9.17) is 5.73 Å².